The van der Waals surface area contributed by atoms with Gasteiger partial charge in [0.05, 0.1) is 0 Å². The molecule has 0 fully saturated rings. The molecule has 6 aromatic rings. The van der Waals surface area contributed by atoms with E-state index in [1.807, 2.05) is 22.7 Å². The summed E-state index contributed by atoms with van der Waals surface area (Å²) in [6, 6.07) is 26.2. The lowest BCUT2D eigenvalue weighted by Gasteiger charge is -1.97. The zero-order valence-corrected chi connectivity index (χ0v) is 19.4. The second-order valence-electron chi connectivity index (χ2n) is 8.01. The number of aryl methyl sites for hydroxylation is 4. The van der Waals surface area contributed by atoms with Crippen LogP contribution in [0.15, 0.2) is 72.8 Å². The van der Waals surface area contributed by atoms with Crippen LogP contribution in [-0.2, 0) is 0 Å². The largest absolute Gasteiger partial charge is 0.135 e. The van der Waals surface area contributed by atoms with Gasteiger partial charge < -0.3 is 0 Å². The van der Waals surface area contributed by atoms with Crippen LogP contribution >= 0.6 is 22.7 Å². The minimum atomic E-state index is 1.38. The second-order valence-corrected chi connectivity index (χ2v) is 10.1. The van der Waals surface area contributed by atoms with Crippen LogP contribution in [-0.4, -0.2) is 0 Å². The molecule has 2 heterocycles. The van der Waals surface area contributed by atoms with E-state index in [1.165, 1.54) is 62.6 Å². The molecule has 0 aliphatic carbocycles. The van der Waals surface area contributed by atoms with Gasteiger partial charge in [0.2, 0.25) is 0 Å². The van der Waals surface area contributed by atoms with E-state index in [1.54, 1.807) is 0 Å². The highest BCUT2D eigenvalue weighted by molar-refractivity contribution is 7.26. The molecule has 2 aromatic heterocycles. The first-order valence-electron chi connectivity index (χ1n) is 10.3. The number of fused-ring (bicyclic) bond motifs is 6. The van der Waals surface area contributed by atoms with Gasteiger partial charge in [0.25, 0.3) is 0 Å². The van der Waals surface area contributed by atoms with Gasteiger partial charge in [-0.05, 0) is 56.0 Å². The summed E-state index contributed by atoms with van der Waals surface area (Å²) in [4.78, 5) is 0. The Balaban J connectivity index is 0.000000128. The summed E-state index contributed by atoms with van der Waals surface area (Å²) in [5.74, 6) is 0. The number of benzene rings is 4. The highest BCUT2D eigenvalue weighted by Crippen LogP contribution is 2.38. The first-order chi connectivity index (χ1) is 14.5. The molecule has 30 heavy (non-hydrogen) atoms. The molecule has 0 aliphatic heterocycles. The summed E-state index contributed by atoms with van der Waals surface area (Å²) in [5, 5.41) is 5.65. The molecule has 2 heteroatoms. The van der Waals surface area contributed by atoms with Crippen LogP contribution in [0.2, 0.25) is 0 Å². The molecular weight excluding hydrogens is 400 g/mol. The fourth-order valence-corrected chi connectivity index (χ4v) is 6.75. The van der Waals surface area contributed by atoms with Crippen LogP contribution < -0.4 is 0 Å². The van der Waals surface area contributed by atoms with Gasteiger partial charge in [-0.3, -0.25) is 0 Å². The van der Waals surface area contributed by atoms with E-state index in [9.17, 15) is 0 Å². The monoisotopic (exact) mass is 424 g/mol. The number of thiophene rings is 2. The Morgan fingerprint density at radius 2 is 0.867 bits per heavy atom. The van der Waals surface area contributed by atoms with Gasteiger partial charge in [-0.1, -0.05) is 66.7 Å². The summed E-state index contributed by atoms with van der Waals surface area (Å²) in [5.41, 5.74) is 5.53. The summed E-state index contributed by atoms with van der Waals surface area (Å²) >= 11 is 3.82. The highest BCUT2D eigenvalue weighted by atomic mass is 32.1. The third-order valence-electron chi connectivity index (χ3n) is 5.85. The lowest BCUT2D eigenvalue weighted by atomic mass is 10.1. The Labute approximate surface area is 185 Å². The fraction of sp³-hybridized carbons (Fsp3) is 0.143. The van der Waals surface area contributed by atoms with E-state index in [0.717, 1.165) is 0 Å². The normalized spacial score (nSPS) is 11.3. The van der Waals surface area contributed by atoms with Gasteiger partial charge in [0.1, 0.15) is 0 Å². The molecule has 4 aromatic carbocycles. The van der Waals surface area contributed by atoms with Crippen molar-refractivity contribution in [2.45, 2.75) is 27.7 Å². The van der Waals surface area contributed by atoms with E-state index in [2.05, 4.69) is 100 Å². The van der Waals surface area contributed by atoms with E-state index < -0.39 is 0 Å². The van der Waals surface area contributed by atoms with Crippen LogP contribution in [0.5, 0.6) is 0 Å². The van der Waals surface area contributed by atoms with Crippen LogP contribution in [0.4, 0.5) is 0 Å². The lowest BCUT2D eigenvalue weighted by Crippen LogP contribution is -1.74. The number of hydrogen-bond donors (Lipinski definition) is 0. The van der Waals surface area contributed by atoms with Crippen molar-refractivity contribution < 1.29 is 0 Å². The molecule has 0 nitrogen and oxygen atoms in total. The number of rotatable bonds is 0. The summed E-state index contributed by atoms with van der Waals surface area (Å²) in [7, 11) is 0. The molecule has 148 valence electrons. The molecule has 0 unspecified atom stereocenters. The maximum atomic E-state index is 2.23. The Morgan fingerprint density at radius 1 is 0.433 bits per heavy atom. The predicted molar refractivity (Wildman–Crippen MR) is 138 cm³/mol. The number of hydrogen-bond acceptors (Lipinski definition) is 2. The summed E-state index contributed by atoms with van der Waals surface area (Å²) in [6.07, 6.45) is 0. The van der Waals surface area contributed by atoms with Gasteiger partial charge in [-0.2, -0.15) is 0 Å². The Morgan fingerprint density at radius 3 is 1.43 bits per heavy atom. The van der Waals surface area contributed by atoms with Gasteiger partial charge in [-0.15, -0.1) is 22.7 Å². The maximum absolute atomic E-state index is 2.23. The van der Waals surface area contributed by atoms with Crippen LogP contribution in [0.3, 0.4) is 0 Å². The van der Waals surface area contributed by atoms with Crippen molar-refractivity contribution >= 4 is 63.0 Å². The van der Waals surface area contributed by atoms with E-state index in [4.69, 9.17) is 0 Å². The lowest BCUT2D eigenvalue weighted by molar-refractivity contribution is 1.54. The molecule has 0 bridgehead atoms. The van der Waals surface area contributed by atoms with Crippen molar-refractivity contribution in [2.24, 2.45) is 0 Å². The highest BCUT2D eigenvalue weighted by Gasteiger charge is 2.08. The molecule has 0 saturated carbocycles. The molecule has 0 atom stereocenters. The van der Waals surface area contributed by atoms with Crippen molar-refractivity contribution in [3.05, 3.63) is 95.1 Å². The van der Waals surface area contributed by atoms with Crippen LogP contribution in [0, 0.1) is 27.7 Å². The van der Waals surface area contributed by atoms with E-state index in [0.29, 0.717) is 0 Å². The van der Waals surface area contributed by atoms with Gasteiger partial charge >= 0.3 is 0 Å². The molecule has 0 saturated heterocycles. The van der Waals surface area contributed by atoms with Crippen LogP contribution in [0.25, 0.3) is 40.3 Å². The molecule has 0 amide bonds. The van der Waals surface area contributed by atoms with Crippen molar-refractivity contribution in [3.8, 4) is 0 Å². The molecule has 0 spiro atoms. The van der Waals surface area contributed by atoms with Gasteiger partial charge in [0.15, 0.2) is 0 Å². The minimum absolute atomic E-state index is 1.38. The van der Waals surface area contributed by atoms with Crippen molar-refractivity contribution in [1.82, 2.24) is 0 Å². The average molecular weight is 425 g/mol. The zero-order valence-electron chi connectivity index (χ0n) is 17.7. The quantitative estimate of drug-likeness (QED) is 0.228. The topological polar surface area (TPSA) is 0 Å². The van der Waals surface area contributed by atoms with Crippen LogP contribution in [0.1, 0.15) is 22.3 Å². The van der Waals surface area contributed by atoms with Crippen molar-refractivity contribution in [2.75, 3.05) is 0 Å². The Kier molecular flexibility index (Phi) is 4.85. The third kappa shape index (κ3) is 3.12. The molecule has 0 radical (unpaired) electrons. The minimum Gasteiger partial charge on any atom is -0.135 e. The third-order valence-corrected chi connectivity index (χ3v) is 8.64. The average Bonchev–Trinajstić information content (AvgIpc) is 3.31. The smallest absolute Gasteiger partial charge is 0.0384 e. The zero-order chi connectivity index (χ0) is 20.8. The maximum Gasteiger partial charge on any atom is 0.0384 e. The molecule has 0 N–H and O–H groups in total. The summed E-state index contributed by atoms with van der Waals surface area (Å²) < 4.78 is 5.70. The van der Waals surface area contributed by atoms with E-state index in [-0.39, 0.29) is 0 Å². The van der Waals surface area contributed by atoms with Crippen molar-refractivity contribution in [3.63, 3.8) is 0 Å². The summed E-state index contributed by atoms with van der Waals surface area (Å²) in [6.45, 7) is 8.75. The first-order valence-corrected chi connectivity index (χ1v) is 11.9. The molecular formula is C28H24S2. The Bertz CT molecular complexity index is 1460. The SMILES string of the molecule is Cc1cccc2c1sc1c(C)cccc12.Cc1cccc2c1sc1cccc(C)c12. The first kappa shape index (κ1) is 19.3. The standard InChI is InChI=1S/2C14H12S/c1-9-5-4-8-12-13(9)11-7-3-6-10(2)14(11)15-12;1-9-5-3-7-11-12-8-4-6-10(2)14(12)15-13(9)11/h2*3-8H,1-2H3. The van der Waals surface area contributed by atoms with E-state index >= 15 is 0 Å². The fourth-order valence-electron chi connectivity index (χ4n) is 4.27. The Hall–Kier alpha value is -2.68. The molecule has 6 rings (SSSR count). The van der Waals surface area contributed by atoms with Gasteiger partial charge in [0, 0.05) is 40.3 Å². The second kappa shape index (κ2) is 7.54. The van der Waals surface area contributed by atoms with Crippen molar-refractivity contribution in [1.29, 1.82) is 0 Å². The van der Waals surface area contributed by atoms with Gasteiger partial charge in [-0.25, -0.2) is 0 Å². The predicted octanol–water partition coefficient (Wildman–Crippen LogP) is 9.34. The molecule has 0 aliphatic rings.